The zero-order chi connectivity index (χ0) is 28.6. The van der Waals surface area contributed by atoms with Crippen LogP contribution in [0.4, 0.5) is 13.2 Å². The Morgan fingerprint density at radius 3 is 2.26 bits per heavy atom. The second kappa shape index (κ2) is 8.82. The third kappa shape index (κ3) is 3.79. The molecule has 0 radical (unpaired) electrons. The largest absolute Gasteiger partial charge is 0.508 e. The van der Waals surface area contributed by atoms with E-state index in [2.05, 4.69) is 0 Å². The minimum Gasteiger partial charge on any atom is -0.508 e. The van der Waals surface area contributed by atoms with Gasteiger partial charge in [-0.3, -0.25) is 19.3 Å². The maximum absolute atomic E-state index is 14.3. The highest BCUT2D eigenvalue weighted by molar-refractivity contribution is 6.24. The molecule has 1 saturated carbocycles. The number of aliphatic hydroxyl groups is 3. The van der Waals surface area contributed by atoms with Crippen LogP contribution in [0.2, 0.25) is 0 Å². The van der Waals surface area contributed by atoms with Crippen LogP contribution in [0.3, 0.4) is 0 Å². The summed E-state index contributed by atoms with van der Waals surface area (Å²) in [6.07, 6.45) is -5.62. The number of aromatic hydroxyl groups is 1. The molecule has 0 aromatic heterocycles. The van der Waals surface area contributed by atoms with Crippen LogP contribution in [0.1, 0.15) is 28.7 Å². The number of carbonyl (C=O) groups excluding carboxylic acids is 3. The molecular weight excluding hydrogens is 511 g/mol. The summed E-state index contributed by atoms with van der Waals surface area (Å²) in [5.74, 6) is -9.04. The quantitative estimate of drug-likeness (QED) is 0.352. The number of amides is 1. The van der Waals surface area contributed by atoms with Gasteiger partial charge in [-0.2, -0.15) is 13.2 Å². The predicted molar refractivity (Wildman–Crippen MR) is 127 cm³/mol. The lowest BCUT2D eigenvalue weighted by Gasteiger charge is -2.50. The highest BCUT2D eigenvalue weighted by Crippen LogP contribution is 2.54. The highest BCUT2D eigenvalue weighted by Gasteiger charge is 2.64. The number of phenolic OH excluding ortho intramolecular Hbond substituents is 1. The van der Waals surface area contributed by atoms with Gasteiger partial charge in [0.2, 0.25) is 5.78 Å². The summed E-state index contributed by atoms with van der Waals surface area (Å²) in [6.45, 7) is -0.176. The third-order valence-corrected chi connectivity index (χ3v) is 7.58. The van der Waals surface area contributed by atoms with Gasteiger partial charge >= 0.3 is 6.18 Å². The SMILES string of the molecule is CN(C)Cc1cc(O)c2c(c1C(F)(F)F)C[C@H]1C[C@H]3[C@H](N(C)C)C(=O)C(C(N)=O)=C(O)[C@@]3(O)C(=O)C1=C2O. The first-order valence-corrected chi connectivity index (χ1v) is 11.7. The summed E-state index contributed by atoms with van der Waals surface area (Å²) in [7, 11) is 5.96. The molecule has 206 valence electrons. The molecule has 0 heterocycles. The number of hydrogen-bond donors (Lipinski definition) is 5. The summed E-state index contributed by atoms with van der Waals surface area (Å²) < 4.78 is 43.0. The molecule has 4 atom stereocenters. The lowest BCUT2D eigenvalue weighted by atomic mass is 9.57. The Morgan fingerprint density at radius 2 is 1.76 bits per heavy atom. The van der Waals surface area contributed by atoms with Gasteiger partial charge in [-0.15, -0.1) is 0 Å². The number of benzene rings is 1. The van der Waals surface area contributed by atoms with Gasteiger partial charge in [-0.1, -0.05) is 0 Å². The minimum atomic E-state index is -4.87. The van der Waals surface area contributed by atoms with Crippen LogP contribution in [0, 0.1) is 11.8 Å². The Kier molecular flexibility index (Phi) is 6.41. The Bertz CT molecular complexity index is 1330. The first kappa shape index (κ1) is 27.6. The van der Waals surface area contributed by atoms with E-state index >= 15 is 0 Å². The normalized spacial score (nSPS) is 27.6. The number of hydrogen-bond acceptors (Lipinski definition) is 9. The van der Waals surface area contributed by atoms with Gasteiger partial charge in [-0.05, 0) is 64.1 Å². The topological polar surface area (TPSA) is 165 Å². The van der Waals surface area contributed by atoms with Crippen LogP contribution in [-0.4, -0.2) is 87.5 Å². The molecule has 0 saturated heterocycles. The molecule has 1 fully saturated rings. The minimum absolute atomic E-state index is 0.176. The van der Waals surface area contributed by atoms with Gasteiger partial charge in [0, 0.05) is 18.0 Å². The number of likely N-dealkylation sites (N-methyl/N-ethyl adjacent to an activating group) is 1. The van der Waals surface area contributed by atoms with Gasteiger partial charge in [0.05, 0.1) is 17.2 Å². The van der Waals surface area contributed by atoms with Crippen molar-refractivity contribution >= 4 is 23.2 Å². The van der Waals surface area contributed by atoms with Crippen molar-refractivity contribution in [2.75, 3.05) is 28.2 Å². The number of Topliss-reactive ketones (excluding diaryl/α,β-unsaturated/α-hetero) is 2. The first-order chi connectivity index (χ1) is 17.4. The molecule has 4 rings (SSSR count). The molecule has 10 nitrogen and oxygen atoms in total. The summed E-state index contributed by atoms with van der Waals surface area (Å²) in [4.78, 5) is 41.6. The van der Waals surface area contributed by atoms with E-state index in [9.17, 15) is 48.0 Å². The second-order valence-electron chi connectivity index (χ2n) is 10.5. The average molecular weight is 540 g/mol. The summed E-state index contributed by atoms with van der Waals surface area (Å²) in [6, 6.07) is -0.462. The molecule has 1 aromatic carbocycles. The molecule has 3 aliphatic carbocycles. The average Bonchev–Trinajstić information content (AvgIpc) is 2.74. The van der Waals surface area contributed by atoms with E-state index in [0.717, 1.165) is 6.07 Å². The van der Waals surface area contributed by atoms with E-state index in [4.69, 9.17) is 5.73 Å². The number of nitrogens with zero attached hydrogens (tertiary/aromatic N) is 2. The fraction of sp³-hybridized carbons (Fsp3) is 0.480. The van der Waals surface area contributed by atoms with Crippen molar-refractivity contribution in [1.82, 2.24) is 9.80 Å². The zero-order valence-electron chi connectivity index (χ0n) is 21.0. The van der Waals surface area contributed by atoms with Crippen molar-refractivity contribution < 1.29 is 48.0 Å². The summed E-state index contributed by atoms with van der Waals surface area (Å²) in [5, 5.41) is 44.1. The summed E-state index contributed by atoms with van der Waals surface area (Å²) >= 11 is 0. The van der Waals surface area contributed by atoms with Gasteiger partial charge in [0.15, 0.2) is 11.4 Å². The number of carbonyl (C=O) groups is 3. The molecule has 13 heteroatoms. The van der Waals surface area contributed by atoms with Crippen LogP contribution in [0.15, 0.2) is 23.0 Å². The zero-order valence-corrected chi connectivity index (χ0v) is 21.0. The molecule has 1 aromatic rings. The number of primary amides is 1. The Morgan fingerprint density at radius 1 is 1.16 bits per heavy atom. The lowest BCUT2D eigenvalue weighted by molar-refractivity contribution is -0.153. The predicted octanol–water partition coefficient (Wildman–Crippen LogP) is 1.04. The monoisotopic (exact) mass is 539 g/mol. The van der Waals surface area contributed by atoms with Crippen molar-refractivity contribution in [3.63, 3.8) is 0 Å². The van der Waals surface area contributed by atoms with Crippen molar-refractivity contribution in [3.05, 3.63) is 45.2 Å². The molecule has 1 amide bonds. The maximum atomic E-state index is 14.3. The number of alkyl halides is 3. The Hall–Kier alpha value is -3.42. The van der Waals surface area contributed by atoms with Gasteiger partial charge in [0.1, 0.15) is 22.8 Å². The number of nitrogens with two attached hydrogens (primary N) is 1. The maximum Gasteiger partial charge on any atom is 0.417 e. The number of rotatable bonds is 4. The van der Waals surface area contributed by atoms with E-state index in [0.29, 0.717) is 0 Å². The van der Waals surface area contributed by atoms with Crippen LogP contribution in [-0.2, 0) is 33.5 Å². The van der Waals surface area contributed by atoms with E-state index in [-0.39, 0.29) is 18.5 Å². The van der Waals surface area contributed by atoms with Crippen LogP contribution in [0.25, 0.3) is 5.76 Å². The van der Waals surface area contributed by atoms with Crippen LogP contribution < -0.4 is 5.73 Å². The molecule has 0 aliphatic heterocycles. The van der Waals surface area contributed by atoms with Gasteiger partial charge < -0.3 is 31.1 Å². The number of halogens is 3. The van der Waals surface area contributed by atoms with Crippen LogP contribution >= 0.6 is 0 Å². The van der Waals surface area contributed by atoms with Gasteiger partial charge in [0.25, 0.3) is 5.91 Å². The fourth-order valence-corrected chi connectivity index (χ4v) is 6.20. The molecule has 0 bridgehead atoms. The molecule has 0 spiro atoms. The van der Waals surface area contributed by atoms with Gasteiger partial charge in [-0.25, -0.2) is 0 Å². The molecule has 0 unspecified atom stereocenters. The molecular formula is C25H28F3N3O7. The van der Waals surface area contributed by atoms with Crippen molar-refractivity contribution in [1.29, 1.82) is 0 Å². The second-order valence-corrected chi connectivity index (χ2v) is 10.5. The molecule has 3 aliphatic rings. The lowest BCUT2D eigenvalue weighted by Crippen LogP contribution is -2.65. The standard InChI is InChI=1S/C25H28F3N3O7/c1-30(2)8-10-7-13(32)15-11(17(10)25(26,27)28)5-9-6-12-18(31(3)4)20(34)16(23(29)37)22(36)24(12,38)21(35)14(9)19(15)33/h7,9,12,18,32-33,36,38H,5-6,8H2,1-4H3,(H2,29,37)/t9-,12-,18-,24-/m0/s1. The summed E-state index contributed by atoms with van der Waals surface area (Å²) in [5.41, 5.74) is -1.39. The van der Waals surface area contributed by atoms with Crippen LogP contribution in [0.5, 0.6) is 5.75 Å². The highest BCUT2D eigenvalue weighted by atomic mass is 19.4. The number of phenols is 1. The van der Waals surface area contributed by atoms with E-state index in [1.54, 1.807) is 14.1 Å². The Balaban J connectivity index is 2.01. The number of fused-ring (bicyclic) bond motifs is 3. The van der Waals surface area contributed by atoms with E-state index < -0.39 is 98.7 Å². The smallest absolute Gasteiger partial charge is 0.417 e. The number of ketones is 2. The van der Waals surface area contributed by atoms with Crippen molar-refractivity contribution in [2.24, 2.45) is 17.6 Å². The van der Waals surface area contributed by atoms with Crippen molar-refractivity contribution in [2.45, 2.75) is 37.2 Å². The van der Waals surface area contributed by atoms with Crippen molar-refractivity contribution in [3.8, 4) is 5.75 Å². The third-order valence-electron chi connectivity index (χ3n) is 7.58. The Labute approximate surface area is 215 Å². The fourth-order valence-electron chi connectivity index (χ4n) is 6.20. The van der Waals surface area contributed by atoms with E-state index in [1.165, 1.54) is 23.9 Å². The number of aliphatic hydroxyl groups excluding tert-OH is 2. The molecule has 6 N–H and O–H groups in total. The molecule has 38 heavy (non-hydrogen) atoms. The van der Waals surface area contributed by atoms with E-state index in [1.807, 2.05) is 0 Å². The first-order valence-electron chi connectivity index (χ1n) is 11.7.